The third-order valence-electron chi connectivity index (χ3n) is 2.74. The second kappa shape index (κ2) is 9.08. The van der Waals surface area contributed by atoms with Gasteiger partial charge in [-0.25, -0.2) is 0 Å². The van der Waals surface area contributed by atoms with Crippen molar-refractivity contribution in [3.05, 3.63) is 72.6 Å². The van der Waals surface area contributed by atoms with Gasteiger partial charge in [0.25, 0.3) is 11.4 Å². The van der Waals surface area contributed by atoms with Crippen molar-refractivity contribution in [1.29, 1.82) is 0 Å². The van der Waals surface area contributed by atoms with Gasteiger partial charge in [-0.3, -0.25) is 35.3 Å². The van der Waals surface area contributed by atoms with Crippen molar-refractivity contribution in [2.24, 2.45) is 0 Å². The van der Waals surface area contributed by atoms with Crippen LogP contribution in [-0.2, 0) is 6.42 Å². The molecule has 132 valence electrons. The summed E-state index contributed by atoms with van der Waals surface area (Å²) < 4.78 is 0. The van der Waals surface area contributed by atoms with Crippen LogP contribution in [0.5, 0.6) is 5.75 Å². The first-order valence-corrected chi connectivity index (χ1v) is 7.07. The zero-order valence-electron chi connectivity index (χ0n) is 12.4. The van der Waals surface area contributed by atoms with Gasteiger partial charge in [0, 0.05) is 24.2 Å². The number of phenolic OH excluding ortho intramolecular Hbond substituents is 1. The first kappa shape index (κ1) is 19.7. The molecular weight excluding hydrogens is 360 g/mol. The average molecular weight is 371 g/mol. The van der Waals surface area contributed by atoms with E-state index in [1.807, 2.05) is 18.2 Å². The van der Waals surface area contributed by atoms with E-state index in [9.17, 15) is 30.3 Å². The Morgan fingerprint density at radius 1 is 1.00 bits per heavy atom. The Hall–Kier alpha value is -3.34. The van der Waals surface area contributed by atoms with Crippen molar-refractivity contribution in [3.63, 3.8) is 0 Å². The van der Waals surface area contributed by atoms with Crippen LogP contribution in [0, 0.1) is 30.3 Å². The van der Waals surface area contributed by atoms with E-state index in [2.05, 4.69) is 4.98 Å². The Morgan fingerprint density at radius 2 is 1.56 bits per heavy atom. The molecule has 1 aromatic heterocycles. The molecule has 0 aliphatic carbocycles. The van der Waals surface area contributed by atoms with Crippen molar-refractivity contribution in [3.8, 4) is 5.75 Å². The summed E-state index contributed by atoms with van der Waals surface area (Å²) in [5, 5.41) is 40.2. The maximum Gasteiger partial charge on any atom is 0.324 e. The molecule has 2 aromatic rings. The highest BCUT2D eigenvalue weighted by molar-refractivity contribution is 6.17. The molecule has 0 saturated carbocycles. The topological polar surface area (TPSA) is 163 Å². The third-order valence-corrected chi connectivity index (χ3v) is 2.92. The van der Waals surface area contributed by atoms with Crippen LogP contribution in [0.15, 0.2) is 36.5 Å². The molecule has 25 heavy (non-hydrogen) atoms. The minimum Gasteiger partial charge on any atom is -0.497 e. The molecule has 0 atom stereocenters. The number of rotatable bonds is 5. The Labute approximate surface area is 145 Å². The van der Waals surface area contributed by atoms with Crippen molar-refractivity contribution < 1.29 is 19.9 Å². The molecule has 0 unspecified atom stereocenters. The largest absolute Gasteiger partial charge is 0.497 e. The molecule has 1 aromatic carbocycles. The molecular formula is C13H11ClN4O7. The van der Waals surface area contributed by atoms with Crippen molar-refractivity contribution in [1.82, 2.24) is 4.98 Å². The summed E-state index contributed by atoms with van der Waals surface area (Å²) in [6.07, 6.45) is 2.64. The number of non-ortho nitro benzene ring substituents is 1. The Balaban J connectivity index is 0.000000293. The van der Waals surface area contributed by atoms with Gasteiger partial charge in [0.05, 0.1) is 26.9 Å². The summed E-state index contributed by atoms with van der Waals surface area (Å²) in [6, 6.07) is 6.74. The zero-order chi connectivity index (χ0) is 19.0. The standard InChI is InChI=1S/C7H8ClN.C6H3N3O7/c8-5-4-7-3-1-2-6-9-7;10-6-4(8(13)14)1-3(7(11)12)2-5(6)9(15)16/h1-3,6H,4-5H2;1-2,10H. The minimum absolute atomic E-state index is 0.447. The highest BCUT2D eigenvalue weighted by Crippen LogP contribution is 2.38. The van der Waals surface area contributed by atoms with Crippen LogP contribution in [0.1, 0.15) is 5.69 Å². The van der Waals surface area contributed by atoms with Crippen LogP contribution in [0.4, 0.5) is 17.1 Å². The lowest BCUT2D eigenvalue weighted by Gasteiger charge is -1.97. The number of aromatic nitrogens is 1. The monoisotopic (exact) mass is 370 g/mol. The number of aryl methyl sites for hydroxylation is 1. The number of aromatic hydroxyl groups is 1. The minimum atomic E-state index is -1.21. The predicted molar refractivity (Wildman–Crippen MR) is 86.7 cm³/mol. The number of hydrogen-bond acceptors (Lipinski definition) is 8. The molecule has 1 heterocycles. The van der Waals surface area contributed by atoms with Crippen molar-refractivity contribution in [2.75, 3.05) is 5.88 Å². The van der Waals surface area contributed by atoms with E-state index in [0.29, 0.717) is 18.0 Å². The van der Waals surface area contributed by atoms with Gasteiger partial charge in [-0.2, -0.15) is 0 Å². The van der Waals surface area contributed by atoms with Crippen LogP contribution in [0.25, 0.3) is 0 Å². The van der Waals surface area contributed by atoms with Crippen molar-refractivity contribution in [2.45, 2.75) is 6.42 Å². The molecule has 0 amide bonds. The molecule has 0 saturated heterocycles. The molecule has 2 rings (SSSR count). The van der Waals surface area contributed by atoms with Gasteiger partial charge in [0.1, 0.15) is 0 Å². The summed E-state index contributed by atoms with van der Waals surface area (Å²) >= 11 is 5.50. The second-order valence-electron chi connectivity index (χ2n) is 4.36. The quantitative estimate of drug-likeness (QED) is 0.476. The summed E-state index contributed by atoms with van der Waals surface area (Å²) in [5.41, 5.74) is -1.94. The van der Waals surface area contributed by atoms with Gasteiger partial charge in [-0.1, -0.05) is 6.07 Å². The van der Waals surface area contributed by atoms with Gasteiger partial charge in [-0.15, -0.1) is 11.6 Å². The van der Waals surface area contributed by atoms with Crippen LogP contribution < -0.4 is 0 Å². The maximum atomic E-state index is 10.4. The number of phenols is 1. The Kier molecular flexibility index (Phi) is 7.16. The molecule has 11 nitrogen and oxygen atoms in total. The number of alkyl halides is 1. The lowest BCUT2D eigenvalue weighted by Crippen LogP contribution is -1.97. The van der Waals surface area contributed by atoms with Crippen LogP contribution in [0.3, 0.4) is 0 Å². The van der Waals surface area contributed by atoms with E-state index in [1.165, 1.54) is 0 Å². The molecule has 0 bridgehead atoms. The predicted octanol–water partition coefficient (Wildman–Crippen LogP) is 2.98. The van der Waals surface area contributed by atoms with Gasteiger partial charge in [-0.05, 0) is 12.1 Å². The number of benzene rings is 1. The fourth-order valence-electron chi connectivity index (χ4n) is 1.62. The summed E-state index contributed by atoms with van der Waals surface area (Å²) in [4.78, 5) is 31.9. The van der Waals surface area contributed by atoms with Gasteiger partial charge >= 0.3 is 11.4 Å². The van der Waals surface area contributed by atoms with E-state index in [0.717, 1.165) is 12.1 Å². The molecule has 0 spiro atoms. The van der Waals surface area contributed by atoms with Crippen molar-refractivity contribution >= 4 is 28.7 Å². The Morgan fingerprint density at radius 3 is 1.92 bits per heavy atom. The van der Waals surface area contributed by atoms with Gasteiger partial charge in [0.2, 0.25) is 0 Å². The molecule has 1 N–H and O–H groups in total. The van der Waals surface area contributed by atoms with Crippen LogP contribution in [-0.4, -0.2) is 30.7 Å². The first-order valence-electron chi connectivity index (χ1n) is 6.54. The fraction of sp³-hybridized carbons (Fsp3) is 0.154. The Bertz CT molecular complexity index is 750. The molecule has 0 aliphatic heterocycles. The maximum absolute atomic E-state index is 10.4. The average Bonchev–Trinajstić information content (AvgIpc) is 2.56. The smallest absolute Gasteiger partial charge is 0.324 e. The van der Waals surface area contributed by atoms with Crippen LogP contribution >= 0.6 is 11.6 Å². The summed E-state index contributed by atoms with van der Waals surface area (Å²) in [5.74, 6) is -0.558. The number of nitrogens with zero attached hydrogens (tertiary/aromatic N) is 4. The molecule has 0 fully saturated rings. The van der Waals surface area contributed by atoms with E-state index in [-0.39, 0.29) is 0 Å². The highest BCUT2D eigenvalue weighted by atomic mass is 35.5. The van der Waals surface area contributed by atoms with E-state index in [4.69, 9.17) is 16.7 Å². The molecule has 0 aliphatic rings. The lowest BCUT2D eigenvalue weighted by molar-refractivity contribution is -0.404. The summed E-state index contributed by atoms with van der Waals surface area (Å²) in [6.45, 7) is 0. The van der Waals surface area contributed by atoms with Gasteiger partial charge < -0.3 is 5.11 Å². The fourth-order valence-corrected chi connectivity index (χ4v) is 1.81. The third kappa shape index (κ3) is 5.66. The van der Waals surface area contributed by atoms with E-state index >= 15 is 0 Å². The van der Waals surface area contributed by atoms with E-state index in [1.54, 1.807) is 6.20 Å². The van der Waals surface area contributed by atoms with E-state index < -0.39 is 37.6 Å². The molecule has 0 radical (unpaired) electrons. The summed E-state index contributed by atoms with van der Waals surface area (Å²) in [7, 11) is 0. The highest BCUT2D eigenvalue weighted by Gasteiger charge is 2.30. The van der Waals surface area contributed by atoms with Crippen LogP contribution in [0.2, 0.25) is 0 Å². The number of halogens is 1. The number of pyridine rings is 1. The lowest BCUT2D eigenvalue weighted by atomic mass is 10.2. The number of nitro groups is 3. The number of hydrogen-bond donors (Lipinski definition) is 1. The normalized spacial score (nSPS) is 9.64. The number of nitro benzene ring substituents is 3. The second-order valence-corrected chi connectivity index (χ2v) is 4.74. The SMILES string of the molecule is ClCCc1ccccn1.O=[N+]([O-])c1cc([N+](=O)[O-])c(O)c([N+](=O)[O-])c1. The van der Waals surface area contributed by atoms with Gasteiger partial charge in [0.15, 0.2) is 0 Å². The molecule has 12 heteroatoms. The zero-order valence-corrected chi connectivity index (χ0v) is 13.2. The first-order chi connectivity index (χ1) is 11.8.